The Balaban J connectivity index is 1.50. The van der Waals surface area contributed by atoms with Crippen LogP contribution in [0, 0.1) is 0 Å². The largest absolute Gasteiger partial charge is 0.378 e. The van der Waals surface area contributed by atoms with Crippen LogP contribution in [0.4, 0.5) is 11.6 Å². The minimum Gasteiger partial charge on any atom is -0.378 e. The number of aromatic nitrogens is 2. The molecule has 2 N–H and O–H groups in total. The van der Waals surface area contributed by atoms with Gasteiger partial charge in [0.15, 0.2) is 0 Å². The van der Waals surface area contributed by atoms with Crippen LogP contribution in [0.25, 0.3) is 0 Å². The third kappa shape index (κ3) is 5.02. The predicted molar refractivity (Wildman–Crippen MR) is 98.1 cm³/mol. The van der Waals surface area contributed by atoms with Crippen LogP contribution in [-0.2, 0) is 14.8 Å². The molecule has 1 fully saturated rings. The van der Waals surface area contributed by atoms with E-state index in [0.717, 1.165) is 30.2 Å². The molecule has 0 radical (unpaired) electrons. The Morgan fingerprint density at radius 3 is 2.76 bits per heavy atom. The summed E-state index contributed by atoms with van der Waals surface area (Å²) in [6, 6.07) is 4.90. The first-order valence-electron chi connectivity index (χ1n) is 7.68. The fourth-order valence-electron chi connectivity index (χ4n) is 2.30. The Labute approximate surface area is 155 Å². The van der Waals surface area contributed by atoms with Gasteiger partial charge in [0.1, 0.15) is 22.2 Å². The summed E-state index contributed by atoms with van der Waals surface area (Å²) in [5.41, 5.74) is 0. The van der Waals surface area contributed by atoms with Gasteiger partial charge in [0.05, 0.1) is 17.6 Å². The van der Waals surface area contributed by atoms with Crippen LogP contribution >= 0.6 is 22.9 Å². The second kappa shape index (κ2) is 8.28. The maximum Gasteiger partial charge on any atom is 0.250 e. The predicted octanol–water partition coefficient (Wildman–Crippen LogP) is 1.42. The molecule has 2 aromatic heterocycles. The molecular weight excluding hydrogens is 386 g/mol. The topological polar surface area (TPSA) is 96.5 Å². The smallest absolute Gasteiger partial charge is 0.250 e. The highest BCUT2D eigenvalue weighted by molar-refractivity contribution is 7.91. The second-order valence-corrected chi connectivity index (χ2v) is 8.95. The van der Waals surface area contributed by atoms with E-state index in [2.05, 4.69) is 24.9 Å². The summed E-state index contributed by atoms with van der Waals surface area (Å²) in [5.74, 6) is 1.48. The number of ether oxygens (including phenoxy) is 1. The molecule has 0 unspecified atom stereocenters. The third-order valence-corrected chi connectivity index (χ3v) is 6.71. The number of thiophene rings is 1. The molecule has 1 aliphatic rings. The van der Waals surface area contributed by atoms with Crippen molar-refractivity contribution in [3.05, 3.63) is 28.9 Å². The van der Waals surface area contributed by atoms with Crippen LogP contribution in [0.1, 0.15) is 0 Å². The fourth-order valence-corrected chi connectivity index (χ4v) is 4.86. The number of rotatable bonds is 7. The molecule has 0 atom stereocenters. The molecule has 0 aliphatic carbocycles. The molecule has 136 valence electrons. The number of morpholine rings is 1. The first-order chi connectivity index (χ1) is 12.0. The average molecular weight is 404 g/mol. The molecule has 2 aromatic rings. The Bertz CT molecular complexity index is 808. The minimum absolute atomic E-state index is 0.203. The van der Waals surface area contributed by atoms with Gasteiger partial charge >= 0.3 is 0 Å². The van der Waals surface area contributed by atoms with Crippen molar-refractivity contribution in [1.82, 2.24) is 14.7 Å². The van der Waals surface area contributed by atoms with Gasteiger partial charge < -0.3 is 15.0 Å². The van der Waals surface area contributed by atoms with Gasteiger partial charge in [-0.15, -0.1) is 11.3 Å². The van der Waals surface area contributed by atoms with E-state index in [9.17, 15) is 8.42 Å². The Hall–Kier alpha value is -1.46. The summed E-state index contributed by atoms with van der Waals surface area (Å²) in [6.45, 7) is 3.58. The standard InChI is InChI=1S/C14H18ClN5O3S2/c15-11-1-2-14(24-11)25(21,22)19-4-3-16-12-9-13(18-10-17-12)20-5-7-23-8-6-20/h1-2,9-10,19H,3-8H2,(H,16,17,18). The number of nitrogens with one attached hydrogen (secondary N) is 2. The summed E-state index contributed by atoms with van der Waals surface area (Å²) in [5, 5.41) is 3.09. The molecule has 8 nitrogen and oxygen atoms in total. The molecule has 0 amide bonds. The highest BCUT2D eigenvalue weighted by Crippen LogP contribution is 2.25. The molecule has 3 heterocycles. The zero-order valence-electron chi connectivity index (χ0n) is 13.3. The molecule has 3 rings (SSSR count). The lowest BCUT2D eigenvalue weighted by Crippen LogP contribution is -2.36. The van der Waals surface area contributed by atoms with Gasteiger partial charge in [-0.2, -0.15) is 0 Å². The first-order valence-corrected chi connectivity index (χ1v) is 10.4. The van der Waals surface area contributed by atoms with Crippen LogP contribution in [0.2, 0.25) is 4.34 Å². The normalized spacial score (nSPS) is 15.3. The minimum atomic E-state index is -3.53. The molecule has 0 bridgehead atoms. The monoisotopic (exact) mass is 403 g/mol. The highest BCUT2D eigenvalue weighted by Gasteiger charge is 2.16. The van der Waals surface area contributed by atoms with Crippen LogP contribution in [-0.4, -0.2) is 57.8 Å². The van der Waals surface area contributed by atoms with Crippen molar-refractivity contribution in [1.29, 1.82) is 0 Å². The van der Waals surface area contributed by atoms with E-state index in [0.29, 0.717) is 29.9 Å². The second-order valence-electron chi connectivity index (χ2n) is 5.24. The maximum atomic E-state index is 12.1. The number of hydrogen-bond donors (Lipinski definition) is 2. The molecule has 0 saturated carbocycles. The number of nitrogens with zero attached hydrogens (tertiary/aromatic N) is 3. The van der Waals surface area contributed by atoms with Gasteiger partial charge in [-0.25, -0.2) is 23.1 Å². The maximum absolute atomic E-state index is 12.1. The van der Waals surface area contributed by atoms with Crippen molar-refractivity contribution >= 4 is 44.6 Å². The van der Waals surface area contributed by atoms with Gasteiger partial charge in [-0.3, -0.25) is 0 Å². The highest BCUT2D eigenvalue weighted by atomic mass is 35.5. The van der Waals surface area contributed by atoms with E-state index in [-0.39, 0.29) is 10.8 Å². The van der Waals surface area contributed by atoms with Crippen LogP contribution in [0.5, 0.6) is 0 Å². The van der Waals surface area contributed by atoms with E-state index in [1.54, 1.807) is 6.07 Å². The van der Waals surface area contributed by atoms with Crippen LogP contribution < -0.4 is 14.9 Å². The number of halogens is 1. The number of hydrogen-bond acceptors (Lipinski definition) is 8. The van der Waals surface area contributed by atoms with Crippen molar-refractivity contribution in [3.63, 3.8) is 0 Å². The number of anilines is 2. The van der Waals surface area contributed by atoms with Crippen molar-refractivity contribution < 1.29 is 13.2 Å². The van der Waals surface area contributed by atoms with Crippen LogP contribution in [0.3, 0.4) is 0 Å². The quantitative estimate of drug-likeness (QED) is 0.675. The summed E-state index contributed by atoms with van der Waals surface area (Å²) in [6.07, 6.45) is 1.49. The SMILES string of the molecule is O=S(=O)(NCCNc1cc(N2CCOCC2)ncn1)c1ccc(Cl)s1. The third-order valence-electron chi connectivity index (χ3n) is 3.52. The van der Waals surface area contributed by atoms with E-state index in [1.807, 2.05) is 6.07 Å². The molecule has 25 heavy (non-hydrogen) atoms. The summed E-state index contributed by atoms with van der Waals surface area (Å²) in [4.78, 5) is 10.6. The Kier molecular flexibility index (Phi) is 6.07. The van der Waals surface area contributed by atoms with Crippen molar-refractivity contribution in [2.75, 3.05) is 49.6 Å². The lowest BCUT2D eigenvalue weighted by atomic mass is 10.4. The molecule has 11 heteroatoms. The lowest BCUT2D eigenvalue weighted by Gasteiger charge is -2.27. The fraction of sp³-hybridized carbons (Fsp3) is 0.429. The summed E-state index contributed by atoms with van der Waals surface area (Å²) in [7, 11) is -3.53. The zero-order chi connectivity index (χ0) is 17.7. The zero-order valence-corrected chi connectivity index (χ0v) is 15.7. The Morgan fingerprint density at radius 2 is 2.04 bits per heavy atom. The lowest BCUT2D eigenvalue weighted by molar-refractivity contribution is 0.122. The summed E-state index contributed by atoms with van der Waals surface area (Å²) < 4.78 is 32.7. The van der Waals surface area contributed by atoms with Gasteiger partial charge in [-0.05, 0) is 12.1 Å². The van der Waals surface area contributed by atoms with E-state index in [4.69, 9.17) is 16.3 Å². The van der Waals surface area contributed by atoms with Gasteiger partial charge in [0, 0.05) is 32.2 Å². The molecule has 0 aromatic carbocycles. The van der Waals surface area contributed by atoms with E-state index >= 15 is 0 Å². The van der Waals surface area contributed by atoms with E-state index < -0.39 is 10.0 Å². The van der Waals surface area contributed by atoms with Gasteiger partial charge in [0.2, 0.25) is 10.0 Å². The number of sulfonamides is 1. The van der Waals surface area contributed by atoms with Crippen molar-refractivity contribution in [3.8, 4) is 0 Å². The molecule has 0 spiro atoms. The van der Waals surface area contributed by atoms with Gasteiger partial charge in [0.25, 0.3) is 0 Å². The van der Waals surface area contributed by atoms with Crippen LogP contribution in [0.15, 0.2) is 28.7 Å². The first kappa shape index (κ1) is 18.3. The molecule has 1 aliphatic heterocycles. The van der Waals surface area contributed by atoms with E-state index in [1.165, 1.54) is 12.4 Å². The Morgan fingerprint density at radius 1 is 1.24 bits per heavy atom. The molecule has 1 saturated heterocycles. The van der Waals surface area contributed by atoms with Gasteiger partial charge in [-0.1, -0.05) is 11.6 Å². The molecular formula is C14H18ClN5O3S2. The van der Waals surface area contributed by atoms with Crippen molar-refractivity contribution in [2.24, 2.45) is 0 Å². The summed E-state index contributed by atoms with van der Waals surface area (Å²) >= 11 is 6.80. The average Bonchev–Trinajstić information content (AvgIpc) is 3.07. The van der Waals surface area contributed by atoms with Crippen molar-refractivity contribution in [2.45, 2.75) is 4.21 Å².